The molecule has 0 aromatic heterocycles. The van der Waals surface area contributed by atoms with E-state index in [1.807, 2.05) is 12.1 Å². The molecule has 4 rings (SSSR count). The molecule has 5 nitrogen and oxygen atoms in total. The molecule has 0 saturated heterocycles. The van der Waals surface area contributed by atoms with Gasteiger partial charge >= 0.3 is 0 Å². The zero-order valence-electron chi connectivity index (χ0n) is 21.7. The van der Waals surface area contributed by atoms with Gasteiger partial charge in [0.1, 0.15) is 11.5 Å². The van der Waals surface area contributed by atoms with Crippen molar-refractivity contribution in [3.05, 3.63) is 89.0 Å². The average Bonchev–Trinajstić information content (AvgIpc) is 2.89. The van der Waals surface area contributed by atoms with Crippen molar-refractivity contribution in [2.24, 2.45) is 9.98 Å². The molecule has 1 N–H and O–H groups in total. The molecule has 1 aliphatic heterocycles. The minimum atomic E-state index is -0.288. The Morgan fingerprint density at radius 1 is 0.833 bits per heavy atom. The third-order valence-corrected chi connectivity index (χ3v) is 6.50. The lowest BCUT2D eigenvalue weighted by Crippen LogP contribution is -2.30. The van der Waals surface area contributed by atoms with Gasteiger partial charge in [-0.2, -0.15) is 0 Å². The monoisotopic (exact) mass is 483 g/mol. The maximum absolute atomic E-state index is 10.8. The number of phenolic OH excluding ortho intramolecular Hbond substituents is 1. The largest absolute Gasteiger partial charge is 0.507 e. The van der Waals surface area contributed by atoms with Crippen LogP contribution < -0.4 is 9.64 Å². The first-order valence-corrected chi connectivity index (χ1v) is 13.0. The van der Waals surface area contributed by atoms with E-state index in [9.17, 15) is 5.11 Å². The quantitative estimate of drug-likeness (QED) is 0.284. The predicted octanol–water partition coefficient (Wildman–Crippen LogP) is 7.74. The Hall–Kier alpha value is -3.60. The highest BCUT2D eigenvalue weighted by Crippen LogP contribution is 2.33. The van der Waals surface area contributed by atoms with Crippen molar-refractivity contribution < 1.29 is 9.84 Å². The summed E-state index contributed by atoms with van der Waals surface area (Å²) in [7, 11) is 0. The summed E-state index contributed by atoms with van der Waals surface area (Å²) >= 11 is 0. The number of hydrogen-bond acceptors (Lipinski definition) is 5. The van der Waals surface area contributed by atoms with Gasteiger partial charge in [-0.15, -0.1) is 0 Å². The van der Waals surface area contributed by atoms with Crippen LogP contribution in [-0.4, -0.2) is 23.9 Å². The number of anilines is 1. The number of hydrogen-bond donors (Lipinski definition) is 1. The van der Waals surface area contributed by atoms with Crippen LogP contribution in [0.5, 0.6) is 11.5 Å². The standard InChI is InChI=1S/C31H37N3O2/c1-4-5-6-7-8-9-20-36-27-18-19-28(29(35)21-27)30-32-22-34(26-16-12-24(3)13-17-26)31(33-30)25-14-10-23(2)11-15-25/h10-19,21-22,31,35H,4-9,20H2,1-3H3. The number of benzene rings is 3. The molecule has 3 aromatic rings. The molecule has 0 amide bonds. The van der Waals surface area contributed by atoms with Crippen molar-refractivity contribution >= 4 is 17.9 Å². The topological polar surface area (TPSA) is 57.4 Å². The molecule has 36 heavy (non-hydrogen) atoms. The summed E-state index contributed by atoms with van der Waals surface area (Å²) in [6.07, 6.45) is 8.82. The van der Waals surface area contributed by atoms with Gasteiger partial charge in [0, 0.05) is 11.8 Å². The molecule has 0 radical (unpaired) electrons. The Labute approximate surface area is 215 Å². The van der Waals surface area contributed by atoms with Crippen LogP contribution in [0.2, 0.25) is 0 Å². The van der Waals surface area contributed by atoms with Crippen LogP contribution in [0.25, 0.3) is 0 Å². The molecule has 188 valence electrons. The molecule has 0 aliphatic carbocycles. The van der Waals surface area contributed by atoms with E-state index in [1.54, 1.807) is 12.4 Å². The Morgan fingerprint density at radius 3 is 2.19 bits per heavy atom. The van der Waals surface area contributed by atoms with Gasteiger partial charge in [-0.25, -0.2) is 9.98 Å². The van der Waals surface area contributed by atoms with Crippen LogP contribution in [0.3, 0.4) is 0 Å². The minimum Gasteiger partial charge on any atom is -0.507 e. The summed E-state index contributed by atoms with van der Waals surface area (Å²) in [6.45, 7) is 7.04. The Morgan fingerprint density at radius 2 is 1.50 bits per heavy atom. The summed E-state index contributed by atoms with van der Waals surface area (Å²) in [5, 5.41) is 10.8. The molecule has 1 atom stereocenters. The van der Waals surface area contributed by atoms with E-state index in [0.29, 0.717) is 23.8 Å². The van der Waals surface area contributed by atoms with E-state index in [0.717, 1.165) is 17.7 Å². The molecule has 3 aromatic carbocycles. The maximum Gasteiger partial charge on any atom is 0.162 e. The second-order valence-corrected chi connectivity index (χ2v) is 9.52. The van der Waals surface area contributed by atoms with Crippen molar-refractivity contribution in [1.29, 1.82) is 0 Å². The van der Waals surface area contributed by atoms with Crippen LogP contribution in [0, 0.1) is 13.8 Å². The summed E-state index contributed by atoms with van der Waals surface area (Å²) in [4.78, 5) is 11.7. The molecule has 0 bridgehead atoms. The molecule has 5 heteroatoms. The first kappa shape index (κ1) is 25.5. The number of ether oxygens (including phenoxy) is 1. The number of aryl methyl sites for hydroxylation is 2. The van der Waals surface area contributed by atoms with Crippen molar-refractivity contribution in [1.82, 2.24) is 0 Å². The highest BCUT2D eigenvalue weighted by molar-refractivity contribution is 6.08. The molecule has 1 aliphatic rings. The highest BCUT2D eigenvalue weighted by Gasteiger charge is 2.25. The third-order valence-electron chi connectivity index (χ3n) is 6.50. The van der Waals surface area contributed by atoms with Gasteiger partial charge in [-0.1, -0.05) is 86.6 Å². The van der Waals surface area contributed by atoms with Crippen molar-refractivity contribution in [2.45, 2.75) is 65.5 Å². The number of aromatic hydroxyl groups is 1. The molecule has 0 saturated carbocycles. The lowest BCUT2D eigenvalue weighted by molar-refractivity contribution is 0.302. The molecular weight excluding hydrogens is 446 g/mol. The van der Waals surface area contributed by atoms with E-state index in [-0.39, 0.29) is 11.9 Å². The molecule has 1 heterocycles. The lowest BCUT2D eigenvalue weighted by atomic mass is 10.1. The second kappa shape index (κ2) is 12.4. The third kappa shape index (κ3) is 6.54. The van der Waals surface area contributed by atoms with Crippen LogP contribution in [0.4, 0.5) is 5.69 Å². The van der Waals surface area contributed by atoms with Gasteiger partial charge < -0.3 is 14.7 Å². The summed E-state index contributed by atoms with van der Waals surface area (Å²) in [5.74, 6) is 1.29. The number of aliphatic imine (C=N–C) groups is 2. The van der Waals surface area contributed by atoms with Gasteiger partial charge in [0.05, 0.1) is 18.5 Å². The van der Waals surface area contributed by atoms with E-state index in [2.05, 4.69) is 79.2 Å². The fourth-order valence-electron chi connectivity index (χ4n) is 4.29. The maximum atomic E-state index is 10.8. The van der Waals surface area contributed by atoms with Crippen LogP contribution in [0.15, 0.2) is 76.7 Å². The van der Waals surface area contributed by atoms with E-state index >= 15 is 0 Å². The Kier molecular flexibility index (Phi) is 8.77. The zero-order chi connectivity index (χ0) is 25.3. The number of unbranched alkanes of at least 4 members (excludes halogenated alkanes) is 5. The minimum absolute atomic E-state index is 0.123. The van der Waals surface area contributed by atoms with Gasteiger partial charge in [-0.3, -0.25) is 0 Å². The van der Waals surface area contributed by atoms with E-state index in [4.69, 9.17) is 9.73 Å². The molecule has 0 spiro atoms. The van der Waals surface area contributed by atoms with Crippen LogP contribution in [0.1, 0.15) is 73.9 Å². The molecule has 0 fully saturated rings. The van der Waals surface area contributed by atoms with Crippen LogP contribution >= 0.6 is 0 Å². The van der Waals surface area contributed by atoms with Gasteiger partial charge in [-0.05, 0) is 50.1 Å². The van der Waals surface area contributed by atoms with Crippen molar-refractivity contribution in [3.8, 4) is 11.5 Å². The van der Waals surface area contributed by atoms with Crippen molar-refractivity contribution in [2.75, 3.05) is 11.5 Å². The second-order valence-electron chi connectivity index (χ2n) is 9.52. The van der Waals surface area contributed by atoms with Crippen LogP contribution in [-0.2, 0) is 0 Å². The summed E-state index contributed by atoms with van der Waals surface area (Å²) in [5.41, 5.74) is 5.07. The van der Waals surface area contributed by atoms with Gasteiger partial charge in [0.15, 0.2) is 12.0 Å². The van der Waals surface area contributed by atoms with E-state index < -0.39 is 0 Å². The fourth-order valence-corrected chi connectivity index (χ4v) is 4.29. The van der Waals surface area contributed by atoms with Gasteiger partial charge in [0.25, 0.3) is 0 Å². The number of nitrogens with zero attached hydrogens (tertiary/aromatic N) is 3. The highest BCUT2D eigenvalue weighted by atomic mass is 16.5. The number of rotatable bonds is 11. The Balaban J connectivity index is 1.51. The SMILES string of the molecule is CCCCCCCCOc1ccc(C2=NC(c3ccc(C)cc3)N(c3ccc(C)cc3)C=N2)c(O)c1. The smallest absolute Gasteiger partial charge is 0.162 e. The summed E-state index contributed by atoms with van der Waals surface area (Å²) < 4.78 is 5.88. The first-order chi connectivity index (χ1) is 17.5. The van der Waals surface area contributed by atoms with Gasteiger partial charge in [0.2, 0.25) is 0 Å². The fraction of sp³-hybridized carbons (Fsp3) is 0.355. The lowest BCUT2D eigenvalue weighted by Gasteiger charge is -2.31. The normalized spacial score (nSPS) is 15.1. The molecular formula is C31H37N3O2. The number of amidine groups is 1. The Bertz CT molecular complexity index is 1180. The first-order valence-electron chi connectivity index (χ1n) is 13.0. The summed E-state index contributed by atoms with van der Waals surface area (Å²) in [6, 6.07) is 22.1. The van der Waals surface area contributed by atoms with Crippen molar-refractivity contribution in [3.63, 3.8) is 0 Å². The van der Waals surface area contributed by atoms with E-state index in [1.165, 1.54) is 43.2 Å². The average molecular weight is 484 g/mol. The zero-order valence-corrected chi connectivity index (χ0v) is 21.7. The number of phenols is 1. The predicted molar refractivity (Wildman–Crippen MR) is 150 cm³/mol. The molecule has 1 unspecified atom stereocenters.